The minimum absolute atomic E-state index is 0.161. The first-order chi connectivity index (χ1) is 16.1. The highest BCUT2D eigenvalue weighted by molar-refractivity contribution is 6.31. The molecule has 1 unspecified atom stereocenters. The van der Waals surface area contributed by atoms with Gasteiger partial charge in [-0.2, -0.15) is 0 Å². The third-order valence-electron chi connectivity index (χ3n) is 5.66. The minimum atomic E-state index is -2.07. The maximum absolute atomic E-state index is 13.5. The Morgan fingerprint density at radius 2 is 1.91 bits per heavy atom. The van der Waals surface area contributed by atoms with Crippen LogP contribution in [0.1, 0.15) is 28.1 Å². The summed E-state index contributed by atoms with van der Waals surface area (Å²) in [7, 11) is 3.80. The topological polar surface area (TPSA) is 126 Å². The standard InChI is InChI=1S/C24H24ClN3O6/c1-27(2)10-3-11-28-23(31)22-20(21(30)17-12-15(25)6-9-18(17)34-22)24(28,32)14-4-7-16(8-5-14)33-13-19(26)29/h4-9,12,32H,3,10-11,13H2,1-2H3,(H2,26,29). The van der Waals surface area contributed by atoms with Crippen LogP contribution in [0.2, 0.25) is 5.02 Å². The third-order valence-corrected chi connectivity index (χ3v) is 5.89. The summed E-state index contributed by atoms with van der Waals surface area (Å²) in [6, 6.07) is 10.6. The van der Waals surface area contributed by atoms with Crippen LogP contribution in [-0.2, 0) is 10.5 Å². The molecule has 1 aliphatic heterocycles. The molecule has 0 bridgehead atoms. The third kappa shape index (κ3) is 4.13. The fourth-order valence-electron chi connectivity index (χ4n) is 4.09. The van der Waals surface area contributed by atoms with Crippen molar-refractivity contribution in [2.75, 3.05) is 33.8 Å². The van der Waals surface area contributed by atoms with Crippen LogP contribution in [0.4, 0.5) is 0 Å². The van der Waals surface area contributed by atoms with E-state index >= 15 is 0 Å². The number of primary amides is 1. The second-order valence-electron chi connectivity index (χ2n) is 8.34. The van der Waals surface area contributed by atoms with Gasteiger partial charge in [0, 0.05) is 17.1 Å². The second kappa shape index (κ2) is 9.09. The van der Waals surface area contributed by atoms with Crippen LogP contribution in [-0.4, -0.2) is 60.5 Å². The van der Waals surface area contributed by atoms with Crippen molar-refractivity contribution in [2.45, 2.75) is 12.1 Å². The molecule has 2 heterocycles. The van der Waals surface area contributed by atoms with E-state index < -0.39 is 23.0 Å². The van der Waals surface area contributed by atoms with E-state index in [0.717, 1.165) is 0 Å². The summed E-state index contributed by atoms with van der Waals surface area (Å²) < 4.78 is 11.1. The van der Waals surface area contributed by atoms with Crippen LogP contribution in [0.3, 0.4) is 0 Å². The molecule has 0 saturated heterocycles. The molecule has 4 rings (SSSR count). The maximum atomic E-state index is 13.5. The normalized spacial score (nSPS) is 17.4. The lowest BCUT2D eigenvalue weighted by Gasteiger charge is -2.34. The number of fused-ring (bicyclic) bond motifs is 2. The van der Waals surface area contributed by atoms with Crippen LogP contribution in [0, 0.1) is 0 Å². The average Bonchev–Trinajstić information content (AvgIpc) is 3.01. The van der Waals surface area contributed by atoms with Crippen molar-refractivity contribution in [3.05, 3.63) is 74.6 Å². The van der Waals surface area contributed by atoms with Crippen LogP contribution in [0.25, 0.3) is 11.0 Å². The molecule has 0 aliphatic carbocycles. The van der Waals surface area contributed by atoms with Gasteiger partial charge in [-0.15, -0.1) is 0 Å². The first-order valence-corrected chi connectivity index (χ1v) is 11.0. The first-order valence-electron chi connectivity index (χ1n) is 10.6. The number of carbonyl (C=O) groups is 2. The zero-order valence-corrected chi connectivity index (χ0v) is 19.5. The molecular weight excluding hydrogens is 462 g/mol. The van der Waals surface area contributed by atoms with E-state index in [4.69, 9.17) is 26.5 Å². The van der Waals surface area contributed by atoms with Gasteiger partial charge in [0.05, 0.1) is 5.39 Å². The summed E-state index contributed by atoms with van der Waals surface area (Å²) in [6.45, 7) is 0.529. The smallest absolute Gasteiger partial charge is 0.293 e. The van der Waals surface area contributed by atoms with Gasteiger partial charge in [-0.3, -0.25) is 19.3 Å². The number of amides is 2. The number of hydrogen-bond donors (Lipinski definition) is 2. The van der Waals surface area contributed by atoms with E-state index in [1.807, 2.05) is 19.0 Å². The van der Waals surface area contributed by atoms with Crippen molar-refractivity contribution in [2.24, 2.45) is 5.73 Å². The summed E-state index contributed by atoms with van der Waals surface area (Å²) in [5.41, 5.74) is 2.80. The number of carbonyl (C=O) groups excluding carboxylic acids is 2. The second-order valence-corrected chi connectivity index (χ2v) is 8.78. The van der Waals surface area contributed by atoms with Gasteiger partial charge in [0.15, 0.2) is 6.61 Å². The highest BCUT2D eigenvalue weighted by atomic mass is 35.5. The molecule has 1 atom stereocenters. The zero-order chi connectivity index (χ0) is 24.6. The monoisotopic (exact) mass is 485 g/mol. The summed E-state index contributed by atoms with van der Waals surface area (Å²) in [6.07, 6.45) is 0.550. The number of aliphatic hydroxyl groups is 1. The Balaban J connectivity index is 1.85. The first kappa shape index (κ1) is 23.7. The summed E-state index contributed by atoms with van der Waals surface area (Å²) in [4.78, 5) is 41.1. The molecule has 0 fully saturated rings. The van der Waals surface area contributed by atoms with Gasteiger partial charge in [0.2, 0.25) is 16.9 Å². The zero-order valence-electron chi connectivity index (χ0n) is 18.7. The molecule has 9 nitrogen and oxygen atoms in total. The number of hydrogen-bond acceptors (Lipinski definition) is 7. The van der Waals surface area contributed by atoms with Crippen LogP contribution >= 0.6 is 11.6 Å². The molecule has 0 radical (unpaired) electrons. The molecule has 1 aliphatic rings. The number of rotatable bonds is 8. The van der Waals surface area contributed by atoms with Gasteiger partial charge in [-0.1, -0.05) is 23.7 Å². The Labute approximate surface area is 200 Å². The van der Waals surface area contributed by atoms with E-state index in [0.29, 0.717) is 23.7 Å². The number of nitrogens with zero attached hydrogens (tertiary/aromatic N) is 2. The van der Waals surface area contributed by atoms with E-state index in [1.54, 1.807) is 6.07 Å². The predicted molar refractivity (Wildman–Crippen MR) is 126 cm³/mol. The van der Waals surface area contributed by atoms with Gasteiger partial charge in [-0.25, -0.2) is 0 Å². The van der Waals surface area contributed by atoms with Gasteiger partial charge in [-0.05, 0) is 57.4 Å². The summed E-state index contributed by atoms with van der Waals surface area (Å²) >= 11 is 6.08. The molecule has 3 aromatic rings. The van der Waals surface area contributed by atoms with Crippen molar-refractivity contribution in [3.63, 3.8) is 0 Å². The van der Waals surface area contributed by atoms with Gasteiger partial charge < -0.3 is 24.9 Å². The molecule has 178 valence electrons. The van der Waals surface area contributed by atoms with Crippen molar-refractivity contribution >= 4 is 34.4 Å². The predicted octanol–water partition coefficient (Wildman–Crippen LogP) is 1.91. The fraction of sp³-hybridized carbons (Fsp3) is 0.292. The average molecular weight is 486 g/mol. The quantitative estimate of drug-likeness (QED) is 0.499. The molecular formula is C24H24ClN3O6. The van der Waals surface area contributed by atoms with Crippen molar-refractivity contribution in [1.29, 1.82) is 0 Å². The fourth-order valence-corrected chi connectivity index (χ4v) is 4.26. The largest absolute Gasteiger partial charge is 0.484 e. The van der Waals surface area contributed by atoms with Gasteiger partial charge in [0.1, 0.15) is 16.9 Å². The van der Waals surface area contributed by atoms with Crippen molar-refractivity contribution < 1.29 is 23.8 Å². The maximum Gasteiger partial charge on any atom is 0.293 e. The highest BCUT2D eigenvalue weighted by Crippen LogP contribution is 2.42. The Hall–Kier alpha value is -3.40. The lowest BCUT2D eigenvalue weighted by molar-refractivity contribution is -0.119. The number of benzene rings is 2. The molecule has 0 spiro atoms. The number of nitrogens with two attached hydrogens (primary N) is 1. The van der Waals surface area contributed by atoms with E-state index in [-0.39, 0.29) is 41.0 Å². The van der Waals surface area contributed by atoms with Crippen LogP contribution < -0.4 is 15.9 Å². The molecule has 3 N–H and O–H groups in total. The molecule has 2 amide bonds. The van der Waals surface area contributed by atoms with E-state index in [2.05, 4.69) is 0 Å². The SMILES string of the molecule is CN(C)CCCN1C(=O)c2oc3ccc(Cl)cc3c(=O)c2C1(O)c1ccc(OCC(N)=O)cc1. The Bertz CT molecular complexity index is 1320. The lowest BCUT2D eigenvalue weighted by atomic mass is 9.94. The van der Waals surface area contributed by atoms with E-state index in [9.17, 15) is 19.5 Å². The van der Waals surface area contributed by atoms with Crippen molar-refractivity contribution in [3.8, 4) is 5.75 Å². The molecule has 0 saturated carbocycles. The number of halogens is 1. The molecule has 2 aromatic carbocycles. The summed E-state index contributed by atoms with van der Waals surface area (Å²) in [5.74, 6) is -1.08. The number of ether oxygens (including phenoxy) is 1. The molecule has 10 heteroatoms. The van der Waals surface area contributed by atoms with Gasteiger partial charge >= 0.3 is 0 Å². The van der Waals surface area contributed by atoms with Crippen molar-refractivity contribution in [1.82, 2.24) is 9.80 Å². The van der Waals surface area contributed by atoms with E-state index in [1.165, 1.54) is 41.3 Å². The van der Waals surface area contributed by atoms with Gasteiger partial charge in [0.25, 0.3) is 11.8 Å². The minimum Gasteiger partial charge on any atom is -0.484 e. The van der Waals surface area contributed by atoms with Crippen LogP contribution in [0.5, 0.6) is 5.75 Å². The molecule has 34 heavy (non-hydrogen) atoms. The van der Waals surface area contributed by atoms with Crippen LogP contribution in [0.15, 0.2) is 51.7 Å². The lowest BCUT2D eigenvalue weighted by Crippen LogP contribution is -2.47. The summed E-state index contributed by atoms with van der Waals surface area (Å²) in [5, 5.41) is 12.5. The Morgan fingerprint density at radius 3 is 2.56 bits per heavy atom. The Kier molecular flexibility index (Phi) is 6.35. The molecule has 1 aromatic heterocycles. The highest BCUT2D eigenvalue weighted by Gasteiger charge is 2.53. The Morgan fingerprint density at radius 1 is 1.21 bits per heavy atom.